The lowest BCUT2D eigenvalue weighted by atomic mass is 9.93. The summed E-state index contributed by atoms with van der Waals surface area (Å²) in [7, 11) is 0. The van der Waals surface area contributed by atoms with Crippen LogP contribution in [-0.4, -0.2) is 43.3 Å². The van der Waals surface area contributed by atoms with Crippen LogP contribution in [0.5, 0.6) is 0 Å². The van der Waals surface area contributed by atoms with Gasteiger partial charge >= 0.3 is 6.03 Å². The molecule has 1 aromatic carbocycles. The molecule has 2 aliphatic heterocycles. The van der Waals surface area contributed by atoms with Gasteiger partial charge in [-0.2, -0.15) is 0 Å². The van der Waals surface area contributed by atoms with Crippen LogP contribution in [0.4, 0.5) is 16.2 Å². The molecule has 2 saturated heterocycles. The highest BCUT2D eigenvalue weighted by Crippen LogP contribution is 2.23. The van der Waals surface area contributed by atoms with E-state index in [1.54, 1.807) is 0 Å². The van der Waals surface area contributed by atoms with Crippen LogP contribution in [0.2, 0.25) is 0 Å². The number of hydrogen-bond donors (Lipinski definition) is 2. The third kappa shape index (κ3) is 5.36. The molecular weight excluding hydrogens is 314 g/mol. The number of amides is 2. The van der Waals surface area contributed by atoms with Gasteiger partial charge in [-0.15, -0.1) is 0 Å². The molecule has 0 unspecified atom stereocenters. The molecule has 3 rings (SSSR count). The third-order valence-electron chi connectivity index (χ3n) is 5.40. The Morgan fingerprint density at radius 1 is 1.04 bits per heavy atom. The number of likely N-dealkylation sites (tertiary alicyclic amines) is 1. The zero-order valence-electron chi connectivity index (χ0n) is 15.3. The quantitative estimate of drug-likeness (QED) is 0.854. The molecule has 2 amide bonds. The average molecular weight is 345 g/mol. The van der Waals surface area contributed by atoms with Crippen LogP contribution >= 0.6 is 0 Å². The molecular formula is C20H31N3O2. The summed E-state index contributed by atoms with van der Waals surface area (Å²) in [6.45, 7) is 5.73. The SMILES string of the molecule is C[C@@H](Nc1ccc(NC(=O)N2CCCCCC2)cc1)C1CCOCC1. The molecule has 138 valence electrons. The van der Waals surface area contributed by atoms with Crippen molar-refractivity contribution in [2.45, 2.75) is 51.5 Å². The van der Waals surface area contributed by atoms with Crippen molar-refractivity contribution in [1.29, 1.82) is 0 Å². The number of urea groups is 1. The van der Waals surface area contributed by atoms with Gasteiger partial charge in [-0.25, -0.2) is 4.79 Å². The molecule has 0 bridgehead atoms. The standard InChI is InChI=1S/C20H31N3O2/c1-16(17-10-14-25-15-11-17)21-18-6-8-19(9-7-18)22-20(24)23-12-4-2-3-5-13-23/h6-9,16-17,21H,2-5,10-15H2,1H3,(H,22,24)/t16-/m1/s1. The number of rotatable bonds is 4. The van der Waals surface area contributed by atoms with Crippen LogP contribution in [0.3, 0.4) is 0 Å². The molecule has 0 saturated carbocycles. The van der Waals surface area contributed by atoms with E-state index in [9.17, 15) is 4.79 Å². The second-order valence-corrected chi connectivity index (χ2v) is 7.29. The molecule has 1 aromatic rings. The van der Waals surface area contributed by atoms with Crippen LogP contribution in [-0.2, 0) is 4.74 Å². The van der Waals surface area contributed by atoms with Crippen molar-refractivity contribution < 1.29 is 9.53 Å². The number of ether oxygens (including phenoxy) is 1. The molecule has 25 heavy (non-hydrogen) atoms. The monoisotopic (exact) mass is 345 g/mol. The van der Waals surface area contributed by atoms with Gasteiger partial charge in [0.15, 0.2) is 0 Å². The molecule has 0 radical (unpaired) electrons. The van der Waals surface area contributed by atoms with E-state index in [2.05, 4.69) is 17.6 Å². The second-order valence-electron chi connectivity index (χ2n) is 7.29. The first-order valence-corrected chi connectivity index (χ1v) is 9.72. The normalized spacial score (nSPS) is 20.6. The van der Waals surface area contributed by atoms with Crippen LogP contribution in [0, 0.1) is 5.92 Å². The molecule has 2 N–H and O–H groups in total. The molecule has 0 aromatic heterocycles. The first-order chi connectivity index (χ1) is 12.2. The summed E-state index contributed by atoms with van der Waals surface area (Å²) in [5.41, 5.74) is 1.96. The summed E-state index contributed by atoms with van der Waals surface area (Å²) in [6.07, 6.45) is 6.93. The minimum atomic E-state index is 0.0261. The fraction of sp³-hybridized carbons (Fsp3) is 0.650. The molecule has 0 spiro atoms. The minimum Gasteiger partial charge on any atom is -0.382 e. The van der Waals surface area contributed by atoms with Gasteiger partial charge in [0.1, 0.15) is 0 Å². The van der Waals surface area contributed by atoms with Gasteiger partial charge in [0.2, 0.25) is 0 Å². The largest absolute Gasteiger partial charge is 0.382 e. The topological polar surface area (TPSA) is 53.6 Å². The summed E-state index contributed by atoms with van der Waals surface area (Å²) in [6, 6.07) is 8.52. The van der Waals surface area contributed by atoms with Crippen LogP contribution in [0.1, 0.15) is 45.4 Å². The first kappa shape index (κ1) is 18.1. The molecule has 5 heteroatoms. The predicted molar refractivity (Wildman–Crippen MR) is 102 cm³/mol. The fourth-order valence-electron chi connectivity index (χ4n) is 3.72. The van der Waals surface area contributed by atoms with E-state index in [1.165, 1.54) is 12.8 Å². The zero-order chi connectivity index (χ0) is 17.5. The Bertz CT molecular complexity index is 532. The van der Waals surface area contributed by atoms with Gasteiger partial charge in [0.05, 0.1) is 0 Å². The number of nitrogens with one attached hydrogen (secondary N) is 2. The van der Waals surface area contributed by atoms with E-state index in [4.69, 9.17) is 4.74 Å². The van der Waals surface area contributed by atoms with Crippen molar-refractivity contribution in [2.75, 3.05) is 36.9 Å². The van der Waals surface area contributed by atoms with Crippen molar-refractivity contribution in [2.24, 2.45) is 5.92 Å². The molecule has 1 atom stereocenters. The van der Waals surface area contributed by atoms with Gasteiger partial charge < -0.3 is 20.3 Å². The highest BCUT2D eigenvalue weighted by Gasteiger charge is 2.20. The Hall–Kier alpha value is -1.75. The lowest BCUT2D eigenvalue weighted by molar-refractivity contribution is 0.0622. The van der Waals surface area contributed by atoms with Crippen molar-refractivity contribution >= 4 is 17.4 Å². The van der Waals surface area contributed by atoms with Gasteiger partial charge in [0.25, 0.3) is 0 Å². The number of carbonyl (C=O) groups is 1. The highest BCUT2D eigenvalue weighted by molar-refractivity contribution is 5.89. The summed E-state index contributed by atoms with van der Waals surface area (Å²) in [5, 5.41) is 6.61. The summed E-state index contributed by atoms with van der Waals surface area (Å²) in [4.78, 5) is 14.3. The average Bonchev–Trinajstić information content (AvgIpc) is 2.93. The maximum Gasteiger partial charge on any atom is 0.321 e. The smallest absolute Gasteiger partial charge is 0.321 e. The Balaban J connectivity index is 1.50. The lowest BCUT2D eigenvalue weighted by Gasteiger charge is -2.29. The highest BCUT2D eigenvalue weighted by atomic mass is 16.5. The maximum absolute atomic E-state index is 12.4. The van der Waals surface area contributed by atoms with Crippen molar-refractivity contribution in [3.05, 3.63) is 24.3 Å². The zero-order valence-corrected chi connectivity index (χ0v) is 15.3. The first-order valence-electron chi connectivity index (χ1n) is 9.72. The molecule has 2 fully saturated rings. The van der Waals surface area contributed by atoms with E-state index < -0.39 is 0 Å². The number of hydrogen-bond acceptors (Lipinski definition) is 3. The van der Waals surface area contributed by atoms with E-state index in [1.807, 2.05) is 29.2 Å². The number of benzene rings is 1. The van der Waals surface area contributed by atoms with E-state index in [0.717, 1.165) is 63.4 Å². The lowest BCUT2D eigenvalue weighted by Crippen LogP contribution is -2.35. The Morgan fingerprint density at radius 3 is 2.28 bits per heavy atom. The predicted octanol–water partition coefficient (Wildman–Crippen LogP) is 4.32. The molecule has 0 aliphatic carbocycles. The van der Waals surface area contributed by atoms with Crippen molar-refractivity contribution in [1.82, 2.24) is 4.90 Å². The van der Waals surface area contributed by atoms with Crippen LogP contribution in [0.25, 0.3) is 0 Å². The minimum absolute atomic E-state index is 0.0261. The molecule has 5 nitrogen and oxygen atoms in total. The van der Waals surface area contributed by atoms with E-state index in [0.29, 0.717) is 12.0 Å². The Labute approximate surface area is 151 Å². The van der Waals surface area contributed by atoms with Gasteiger partial charge in [-0.05, 0) is 62.8 Å². The number of nitrogens with zero attached hydrogens (tertiary/aromatic N) is 1. The maximum atomic E-state index is 12.4. The van der Waals surface area contributed by atoms with E-state index in [-0.39, 0.29) is 6.03 Å². The van der Waals surface area contributed by atoms with Crippen LogP contribution in [0.15, 0.2) is 24.3 Å². The second kappa shape index (κ2) is 9.09. The van der Waals surface area contributed by atoms with Crippen molar-refractivity contribution in [3.8, 4) is 0 Å². The van der Waals surface area contributed by atoms with Gasteiger partial charge in [0, 0.05) is 43.7 Å². The van der Waals surface area contributed by atoms with Gasteiger partial charge in [-0.1, -0.05) is 12.8 Å². The van der Waals surface area contributed by atoms with Crippen LogP contribution < -0.4 is 10.6 Å². The van der Waals surface area contributed by atoms with E-state index >= 15 is 0 Å². The Kier molecular flexibility index (Phi) is 6.56. The Morgan fingerprint density at radius 2 is 1.64 bits per heavy atom. The number of carbonyl (C=O) groups excluding carboxylic acids is 1. The van der Waals surface area contributed by atoms with Gasteiger partial charge in [-0.3, -0.25) is 0 Å². The molecule has 2 heterocycles. The third-order valence-corrected chi connectivity index (χ3v) is 5.40. The summed E-state index contributed by atoms with van der Waals surface area (Å²) in [5.74, 6) is 0.663. The summed E-state index contributed by atoms with van der Waals surface area (Å²) >= 11 is 0. The van der Waals surface area contributed by atoms with Crippen molar-refractivity contribution in [3.63, 3.8) is 0 Å². The number of anilines is 2. The summed E-state index contributed by atoms with van der Waals surface area (Å²) < 4.78 is 5.44. The fourth-order valence-corrected chi connectivity index (χ4v) is 3.72. The molecule has 2 aliphatic rings.